The number of ketones is 1. The van der Waals surface area contributed by atoms with Crippen molar-refractivity contribution >= 4 is 38.2 Å². The van der Waals surface area contributed by atoms with Gasteiger partial charge in [-0.2, -0.15) is 0 Å². The molecular weight excluding hydrogens is 288 g/mol. The third-order valence-corrected chi connectivity index (χ3v) is 3.33. The Kier molecular flexibility index (Phi) is 3.36. The maximum atomic E-state index is 11.8. The number of anilines is 1. The maximum Gasteiger partial charge on any atom is 0.180 e. The van der Waals surface area contributed by atoms with Crippen LogP contribution in [-0.4, -0.2) is 10.8 Å². The molecule has 16 heavy (non-hydrogen) atoms. The predicted octanol–water partition coefficient (Wildman–Crippen LogP) is 2.91. The second kappa shape index (κ2) is 4.76. The van der Waals surface area contributed by atoms with E-state index in [-0.39, 0.29) is 5.78 Å². The first-order valence-electron chi connectivity index (χ1n) is 4.64. The highest BCUT2D eigenvalue weighted by atomic mass is 79.9. The van der Waals surface area contributed by atoms with Crippen molar-refractivity contribution in [2.75, 3.05) is 5.73 Å². The molecule has 0 saturated heterocycles. The first-order valence-corrected chi connectivity index (χ1v) is 6.31. The van der Waals surface area contributed by atoms with Gasteiger partial charge in [0.25, 0.3) is 0 Å². The number of nitrogens with zero attached hydrogens (tertiary/aromatic N) is 1. The summed E-state index contributed by atoms with van der Waals surface area (Å²) < 4.78 is 0.960. The van der Waals surface area contributed by atoms with Crippen LogP contribution in [0.25, 0.3) is 0 Å². The fourth-order valence-corrected chi connectivity index (χ4v) is 2.13. The zero-order valence-electron chi connectivity index (χ0n) is 8.31. The summed E-state index contributed by atoms with van der Waals surface area (Å²) in [6.45, 7) is 0. The van der Waals surface area contributed by atoms with Crippen molar-refractivity contribution in [3.05, 3.63) is 45.4 Å². The van der Waals surface area contributed by atoms with Crippen LogP contribution in [0.1, 0.15) is 16.1 Å². The number of benzene rings is 1. The molecule has 0 spiro atoms. The molecule has 2 aromatic rings. The minimum Gasteiger partial charge on any atom is -0.375 e. The average molecular weight is 297 g/mol. The van der Waals surface area contributed by atoms with Gasteiger partial charge >= 0.3 is 0 Å². The van der Waals surface area contributed by atoms with E-state index < -0.39 is 0 Å². The Morgan fingerprint density at radius 1 is 1.38 bits per heavy atom. The summed E-state index contributed by atoms with van der Waals surface area (Å²) in [5.41, 5.74) is 6.92. The number of carbonyl (C=O) groups is 1. The van der Waals surface area contributed by atoms with Crippen LogP contribution in [0.4, 0.5) is 5.13 Å². The lowest BCUT2D eigenvalue weighted by atomic mass is 10.1. The van der Waals surface area contributed by atoms with Gasteiger partial charge in [-0.1, -0.05) is 28.1 Å². The standard InChI is InChI=1S/C11H9BrN2OS/c12-8-3-1-7(2-4-8)10(15)5-9-6-16-11(13)14-9/h1-4,6H,5H2,(H2,13,14). The quantitative estimate of drug-likeness (QED) is 0.886. The number of hydrogen-bond donors (Lipinski definition) is 1. The lowest BCUT2D eigenvalue weighted by Gasteiger charge is -1.98. The van der Waals surface area contributed by atoms with Crippen LogP contribution in [-0.2, 0) is 6.42 Å². The first-order chi connectivity index (χ1) is 7.65. The average Bonchev–Trinajstić information content (AvgIpc) is 2.65. The number of halogens is 1. The molecule has 0 saturated carbocycles. The van der Waals surface area contributed by atoms with Gasteiger partial charge in [-0.25, -0.2) is 4.98 Å². The molecule has 0 atom stereocenters. The van der Waals surface area contributed by atoms with Gasteiger partial charge in [-0.05, 0) is 12.1 Å². The van der Waals surface area contributed by atoms with Gasteiger partial charge in [0.2, 0.25) is 0 Å². The number of thiazole rings is 1. The molecular formula is C11H9BrN2OS. The van der Waals surface area contributed by atoms with E-state index in [0.717, 1.165) is 10.2 Å². The molecule has 82 valence electrons. The fourth-order valence-electron chi connectivity index (χ4n) is 1.31. The van der Waals surface area contributed by atoms with Gasteiger partial charge in [0, 0.05) is 15.4 Å². The van der Waals surface area contributed by atoms with E-state index in [2.05, 4.69) is 20.9 Å². The largest absolute Gasteiger partial charge is 0.375 e. The van der Waals surface area contributed by atoms with Crippen LogP contribution >= 0.6 is 27.3 Å². The SMILES string of the molecule is Nc1nc(CC(=O)c2ccc(Br)cc2)cs1. The minimum absolute atomic E-state index is 0.0535. The molecule has 0 amide bonds. The van der Waals surface area contributed by atoms with E-state index in [0.29, 0.717) is 17.1 Å². The zero-order chi connectivity index (χ0) is 11.5. The highest BCUT2D eigenvalue weighted by molar-refractivity contribution is 9.10. The van der Waals surface area contributed by atoms with Crippen LogP contribution < -0.4 is 5.73 Å². The molecule has 3 nitrogen and oxygen atoms in total. The molecule has 0 bridgehead atoms. The topological polar surface area (TPSA) is 56.0 Å². The Bertz CT molecular complexity index is 507. The van der Waals surface area contributed by atoms with Gasteiger partial charge in [-0.3, -0.25) is 4.79 Å². The number of hydrogen-bond acceptors (Lipinski definition) is 4. The van der Waals surface area contributed by atoms with Gasteiger partial charge in [0.15, 0.2) is 10.9 Å². The van der Waals surface area contributed by atoms with Gasteiger partial charge < -0.3 is 5.73 Å². The van der Waals surface area contributed by atoms with E-state index in [1.165, 1.54) is 11.3 Å². The molecule has 0 aliphatic heterocycles. The first kappa shape index (κ1) is 11.3. The van der Waals surface area contributed by atoms with Crippen LogP contribution in [0.3, 0.4) is 0 Å². The second-order valence-corrected chi connectivity index (χ2v) is 5.09. The number of Topliss-reactive ketones (excluding diaryl/α,β-unsaturated/α-hetero) is 1. The molecule has 5 heteroatoms. The number of nitrogens with two attached hydrogens (primary N) is 1. The van der Waals surface area contributed by atoms with Crippen LogP contribution in [0, 0.1) is 0 Å². The Morgan fingerprint density at radius 3 is 2.62 bits per heavy atom. The van der Waals surface area contributed by atoms with Crippen molar-refractivity contribution in [2.24, 2.45) is 0 Å². The Balaban J connectivity index is 2.11. The normalized spacial score (nSPS) is 10.3. The maximum absolute atomic E-state index is 11.8. The van der Waals surface area contributed by atoms with Gasteiger partial charge in [0.1, 0.15) is 0 Å². The van der Waals surface area contributed by atoms with E-state index in [4.69, 9.17) is 5.73 Å². The minimum atomic E-state index is 0.0535. The van der Waals surface area contributed by atoms with Crippen molar-refractivity contribution in [1.82, 2.24) is 4.98 Å². The molecule has 0 radical (unpaired) electrons. The lowest BCUT2D eigenvalue weighted by molar-refractivity contribution is 0.0992. The summed E-state index contributed by atoms with van der Waals surface area (Å²) in [4.78, 5) is 15.9. The summed E-state index contributed by atoms with van der Waals surface area (Å²) >= 11 is 4.68. The number of rotatable bonds is 3. The van der Waals surface area contributed by atoms with Crippen LogP contribution in [0.15, 0.2) is 34.1 Å². The summed E-state index contributed by atoms with van der Waals surface area (Å²) in [7, 11) is 0. The van der Waals surface area contributed by atoms with Crippen molar-refractivity contribution in [3.8, 4) is 0 Å². The van der Waals surface area contributed by atoms with Crippen LogP contribution in [0.2, 0.25) is 0 Å². The van der Waals surface area contributed by atoms with Crippen molar-refractivity contribution in [2.45, 2.75) is 6.42 Å². The highest BCUT2D eigenvalue weighted by Gasteiger charge is 2.09. The number of nitrogen functional groups attached to an aromatic ring is 1. The van der Waals surface area contributed by atoms with Crippen molar-refractivity contribution in [1.29, 1.82) is 0 Å². The summed E-state index contributed by atoms with van der Waals surface area (Å²) in [6.07, 6.45) is 0.301. The van der Waals surface area contributed by atoms with Crippen LogP contribution in [0.5, 0.6) is 0 Å². The highest BCUT2D eigenvalue weighted by Crippen LogP contribution is 2.15. The molecule has 0 aliphatic rings. The van der Waals surface area contributed by atoms with E-state index in [1.54, 1.807) is 12.1 Å². The number of aromatic nitrogens is 1. The molecule has 0 aliphatic carbocycles. The summed E-state index contributed by atoms with van der Waals surface area (Å²) in [5, 5.41) is 2.31. The molecule has 0 unspecified atom stereocenters. The smallest absolute Gasteiger partial charge is 0.180 e. The predicted molar refractivity (Wildman–Crippen MR) is 68.7 cm³/mol. The number of carbonyl (C=O) groups excluding carboxylic acids is 1. The summed E-state index contributed by atoms with van der Waals surface area (Å²) in [5.74, 6) is 0.0535. The van der Waals surface area contributed by atoms with E-state index >= 15 is 0 Å². The molecule has 2 rings (SSSR count). The second-order valence-electron chi connectivity index (χ2n) is 3.28. The zero-order valence-corrected chi connectivity index (χ0v) is 10.7. The van der Waals surface area contributed by atoms with E-state index in [9.17, 15) is 4.79 Å². The van der Waals surface area contributed by atoms with Gasteiger partial charge in [-0.15, -0.1) is 11.3 Å². The Morgan fingerprint density at radius 2 is 2.06 bits per heavy atom. The third kappa shape index (κ3) is 2.68. The fraction of sp³-hybridized carbons (Fsp3) is 0.0909. The third-order valence-electron chi connectivity index (χ3n) is 2.08. The van der Waals surface area contributed by atoms with E-state index in [1.807, 2.05) is 17.5 Å². The molecule has 1 aromatic heterocycles. The summed E-state index contributed by atoms with van der Waals surface area (Å²) in [6, 6.07) is 7.29. The molecule has 0 fully saturated rings. The van der Waals surface area contributed by atoms with Crippen molar-refractivity contribution < 1.29 is 4.79 Å². The molecule has 1 heterocycles. The van der Waals surface area contributed by atoms with Crippen molar-refractivity contribution in [3.63, 3.8) is 0 Å². The lowest BCUT2D eigenvalue weighted by Crippen LogP contribution is -2.03. The monoisotopic (exact) mass is 296 g/mol. The molecule has 1 aromatic carbocycles. The van der Waals surface area contributed by atoms with Gasteiger partial charge in [0.05, 0.1) is 12.1 Å². The Labute approximate surface area is 105 Å². The Hall–Kier alpha value is -1.20. The molecule has 2 N–H and O–H groups in total.